The van der Waals surface area contributed by atoms with Crippen molar-refractivity contribution in [1.29, 1.82) is 0 Å². The highest BCUT2D eigenvalue weighted by Gasteiger charge is 2.20. The van der Waals surface area contributed by atoms with Gasteiger partial charge in [-0.2, -0.15) is 0 Å². The predicted octanol–water partition coefficient (Wildman–Crippen LogP) is 11.3. The highest BCUT2D eigenvalue weighted by Crippen LogP contribution is 2.44. The monoisotopic (exact) mass is 659 g/mol. The molecule has 5 heterocycles. The molecule has 0 saturated carbocycles. The lowest BCUT2D eigenvalue weighted by atomic mass is 9.85. The highest BCUT2D eigenvalue weighted by molar-refractivity contribution is 6.15. The zero-order chi connectivity index (χ0) is 34.4. The summed E-state index contributed by atoms with van der Waals surface area (Å²) < 4.78 is 10.9. The molecule has 0 N–H and O–H groups in total. The third kappa shape index (κ3) is 4.39. The molecule has 0 spiro atoms. The molecule has 0 fully saturated rings. The molecule has 0 radical (unpaired) electrons. The maximum atomic E-state index is 6.61. The molecule has 0 amide bonds. The number of fused-ring (bicyclic) bond motifs is 12. The molecule has 6 nitrogen and oxygen atoms in total. The van der Waals surface area contributed by atoms with Crippen LogP contribution in [0.3, 0.4) is 0 Å². The van der Waals surface area contributed by atoms with Crippen molar-refractivity contribution in [3.05, 3.63) is 150 Å². The van der Waals surface area contributed by atoms with Gasteiger partial charge in [0.2, 0.25) is 0 Å². The van der Waals surface area contributed by atoms with Gasteiger partial charge < -0.3 is 4.74 Å². The lowest BCUT2D eigenvalue weighted by molar-refractivity contribution is 0.484. The van der Waals surface area contributed by atoms with Gasteiger partial charge in [-0.1, -0.05) is 36.4 Å². The molecule has 0 aliphatic heterocycles. The summed E-state index contributed by atoms with van der Waals surface area (Å²) in [5, 5.41) is 6.51. The number of aromatic nitrogens is 5. The number of pyridine rings is 3. The number of hydrogen-bond donors (Lipinski definition) is 0. The molecule has 5 aromatic heterocycles. The van der Waals surface area contributed by atoms with Crippen molar-refractivity contribution in [2.24, 2.45) is 0 Å². The minimum atomic E-state index is 0.741. The van der Waals surface area contributed by atoms with Crippen molar-refractivity contribution < 1.29 is 4.74 Å². The second-order valence-electron chi connectivity index (χ2n) is 13.6. The fourth-order valence-corrected chi connectivity index (χ4v) is 8.21. The van der Waals surface area contributed by atoms with E-state index in [0.717, 1.165) is 60.9 Å². The number of hydrogen-bond acceptors (Lipinski definition) is 4. The molecule has 0 bridgehead atoms. The second kappa shape index (κ2) is 11.0. The van der Waals surface area contributed by atoms with Gasteiger partial charge in [-0.25, -0.2) is 15.0 Å². The van der Waals surface area contributed by atoms with E-state index in [9.17, 15) is 0 Å². The summed E-state index contributed by atoms with van der Waals surface area (Å²) in [6.45, 7) is 8.85. The van der Waals surface area contributed by atoms with Gasteiger partial charge >= 0.3 is 0 Å². The highest BCUT2D eigenvalue weighted by atomic mass is 16.5. The van der Waals surface area contributed by atoms with E-state index in [2.05, 4.69) is 133 Å². The standard InChI is InChI=1S/C45H33N5O/c1-26-8-5-9-27(2)41(26)36-24-35-33-16-14-31(51-30-13-15-32-34-12-7-17-46-43(34)50-21-19-48-45(50)38(32)22-30)23-39(33)44-47-18-20-49(44)40(35)25-37(36)42-28(3)10-6-11-29(42)4/h5-25H,1-4H3. The fraction of sp³-hybridized carbons (Fsp3) is 0.0889. The lowest BCUT2D eigenvalue weighted by Gasteiger charge is -2.20. The quantitative estimate of drug-likeness (QED) is 0.176. The van der Waals surface area contributed by atoms with E-state index in [0.29, 0.717) is 0 Å². The van der Waals surface area contributed by atoms with Gasteiger partial charge in [0, 0.05) is 52.5 Å². The molecule has 10 rings (SSSR count). The van der Waals surface area contributed by atoms with E-state index in [1.54, 1.807) is 0 Å². The number of benzene rings is 5. The largest absolute Gasteiger partial charge is 0.457 e. The zero-order valence-corrected chi connectivity index (χ0v) is 28.8. The Morgan fingerprint density at radius 2 is 0.941 bits per heavy atom. The first kappa shape index (κ1) is 29.4. The molecule has 0 saturated heterocycles. The van der Waals surface area contributed by atoms with Crippen molar-refractivity contribution >= 4 is 54.8 Å². The van der Waals surface area contributed by atoms with Gasteiger partial charge in [-0.15, -0.1) is 0 Å². The van der Waals surface area contributed by atoms with Crippen molar-refractivity contribution in [1.82, 2.24) is 23.8 Å². The Bertz CT molecular complexity index is 3020. The number of nitrogens with zero attached hydrogens (tertiary/aromatic N) is 5. The van der Waals surface area contributed by atoms with Crippen molar-refractivity contribution in [2.75, 3.05) is 0 Å². The number of imidazole rings is 2. The van der Waals surface area contributed by atoms with Crippen LogP contribution < -0.4 is 4.74 Å². The zero-order valence-electron chi connectivity index (χ0n) is 28.8. The normalized spacial score (nSPS) is 11.9. The molecule has 0 unspecified atom stereocenters. The Morgan fingerprint density at radius 3 is 1.57 bits per heavy atom. The molecule has 5 aromatic carbocycles. The van der Waals surface area contributed by atoms with E-state index < -0.39 is 0 Å². The van der Waals surface area contributed by atoms with Crippen molar-refractivity contribution in [3.63, 3.8) is 0 Å². The topological polar surface area (TPSA) is 56.7 Å². The summed E-state index contributed by atoms with van der Waals surface area (Å²) in [5.74, 6) is 1.49. The minimum Gasteiger partial charge on any atom is -0.457 e. The predicted molar refractivity (Wildman–Crippen MR) is 208 cm³/mol. The average Bonchev–Trinajstić information content (AvgIpc) is 3.84. The smallest absolute Gasteiger partial charge is 0.146 e. The van der Waals surface area contributed by atoms with Gasteiger partial charge in [0.1, 0.15) is 28.4 Å². The number of ether oxygens (including phenoxy) is 1. The molecule has 0 aliphatic rings. The molecular formula is C45H33N5O. The van der Waals surface area contributed by atoms with Crippen LogP contribution in [0.5, 0.6) is 11.5 Å². The van der Waals surface area contributed by atoms with Gasteiger partial charge in [0.25, 0.3) is 0 Å². The Kier molecular flexibility index (Phi) is 6.33. The summed E-state index contributed by atoms with van der Waals surface area (Å²) in [5.41, 5.74) is 13.8. The molecule has 10 aromatic rings. The minimum absolute atomic E-state index is 0.741. The fourth-order valence-electron chi connectivity index (χ4n) is 8.21. The summed E-state index contributed by atoms with van der Waals surface area (Å²) in [6, 6.07) is 34.6. The number of aryl methyl sites for hydroxylation is 4. The number of rotatable bonds is 4. The van der Waals surface area contributed by atoms with Crippen LogP contribution in [0.4, 0.5) is 0 Å². The van der Waals surface area contributed by atoms with Crippen LogP contribution >= 0.6 is 0 Å². The maximum Gasteiger partial charge on any atom is 0.146 e. The van der Waals surface area contributed by atoms with Crippen LogP contribution in [-0.4, -0.2) is 23.8 Å². The molecular weight excluding hydrogens is 627 g/mol. The van der Waals surface area contributed by atoms with Gasteiger partial charge in [0.05, 0.1) is 5.52 Å². The molecule has 0 atom stereocenters. The molecule has 51 heavy (non-hydrogen) atoms. The SMILES string of the molecule is Cc1cccc(C)c1-c1cc2c3ccc(Oc4ccc5c6cccnc6n6ccnc6c5c4)cc3c3nccn3c2cc1-c1c(C)cccc1C. The third-order valence-electron chi connectivity index (χ3n) is 10.5. The molecule has 6 heteroatoms. The van der Waals surface area contributed by atoms with E-state index >= 15 is 0 Å². The average molecular weight is 660 g/mol. The Balaban J connectivity index is 1.18. The first-order valence-electron chi connectivity index (χ1n) is 17.3. The van der Waals surface area contributed by atoms with E-state index in [4.69, 9.17) is 9.72 Å². The van der Waals surface area contributed by atoms with Crippen LogP contribution in [0.2, 0.25) is 0 Å². The van der Waals surface area contributed by atoms with Crippen LogP contribution in [0.1, 0.15) is 22.3 Å². The maximum absolute atomic E-state index is 6.61. The van der Waals surface area contributed by atoms with E-state index in [1.165, 1.54) is 49.9 Å². The van der Waals surface area contributed by atoms with Crippen molar-refractivity contribution in [3.8, 4) is 33.8 Å². The van der Waals surface area contributed by atoms with Gasteiger partial charge in [-0.05, 0) is 144 Å². The van der Waals surface area contributed by atoms with Gasteiger partial charge in [0.15, 0.2) is 0 Å². The van der Waals surface area contributed by atoms with E-state index in [-0.39, 0.29) is 0 Å². The lowest BCUT2D eigenvalue weighted by Crippen LogP contribution is -1.98. The Morgan fingerprint density at radius 1 is 0.431 bits per heavy atom. The van der Waals surface area contributed by atoms with Gasteiger partial charge in [-0.3, -0.25) is 8.80 Å². The first-order valence-corrected chi connectivity index (χ1v) is 17.3. The van der Waals surface area contributed by atoms with Crippen LogP contribution in [0.15, 0.2) is 128 Å². The summed E-state index contributed by atoms with van der Waals surface area (Å²) in [6.07, 6.45) is 9.54. The first-order chi connectivity index (χ1) is 24.9. The van der Waals surface area contributed by atoms with E-state index in [1.807, 2.05) is 41.3 Å². The summed E-state index contributed by atoms with van der Waals surface area (Å²) in [7, 11) is 0. The summed E-state index contributed by atoms with van der Waals surface area (Å²) in [4.78, 5) is 14.2. The Hall–Kier alpha value is -6.53. The molecule has 0 aliphatic carbocycles. The van der Waals surface area contributed by atoms with Crippen molar-refractivity contribution in [2.45, 2.75) is 27.7 Å². The third-order valence-corrected chi connectivity index (χ3v) is 10.5. The Labute approximate surface area is 294 Å². The summed E-state index contributed by atoms with van der Waals surface area (Å²) >= 11 is 0. The second-order valence-corrected chi connectivity index (χ2v) is 13.6. The molecule has 244 valence electrons. The van der Waals surface area contributed by atoms with Crippen LogP contribution in [-0.2, 0) is 0 Å². The van der Waals surface area contributed by atoms with Crippen LogP contribution in [0.25, 0.3) is 77.0 Å². The van der Waals surface area contributed by atoms with Crippen LogP contribution in [0, 0.1) is 27.7 Å².